The molecule has 4 N–H and O–H groups in total. The summed E-state index contributed by atoms with van der Waals surface area (Å²) in [4.78, 5) is 21.1. The lowest BCUT2D eigenvalue weighted by atomic mass is 9.81. The molecule has 1 aromatic carbocycles. The summed E-state index contributed by atoms with van der Waals surface area (Å²) >= 11 is 0. The van der Waals surface area contributed by atoms with Crippen molar-refractivity contribution in [1.29, 1.82) is 0 Å². The number of aromatic amines is 1. The molecule has 11 heteroatoms. The molecular weight excluding hydrogens is 490 g/mol. The van der Waals surface area contributed by atoms with Crippen LogP contribution in [0.2, 0.25) is 0 Å². The standard InChI is InChI=1S/C26H33N7O3S/c1-16(34)29-20-4-3-5-22(37(2,35)36)26(20)18-8-10-19(11-9-18)28-15-25-27-13-12-23(31-25)30-24-14-21(32-33-24)17-6-7-17/h3-5,12-14,17-19,28H,6-11,15H2,1-2H3,(H,29,34)(H2,27,30,31,32,33). The second kappa shape index (κ2) is 10.6. The molecule has 0 saturated heterocycles. The summed E-state index contributed by atoms with van der Waals surface area (Å²) in [6, 6.07) is 9.23. The largest absolute Gasteiger partial charge is 0.326 e. The number of anilines is 3. The summed E-state index contributed by atoms with van der Waals surface area (Å²) in [5.74, 6) is 2.61. The average Bonchev–Trinajstić information content (AvgIpc) is 3.61. The monoisotopic (exact) mass is 523 g/mol. The number of rotatable bonds is 9. The lowest BCUT2D eigenvalue weighted by Crippen LogP contribution is -2.33. The smallest absolute Gasteiger partial charge is 0.221 e. The van der Waals surface area contributed by atoms with Gasteiger partial charge in [-0.1, -0.05) is 6.07 Å². The van der Waals surface area contributed by atoms with Gasteiger partial charge in [-0.25, -0.2) is 18.4 Å². The third-order valence-corrected chi connectivity index (χ3v) is 8.19. The maximum Gasteiger partial charge on any atom is 0.221 e. The zero-order valence-electron chi connectivity index (χ0n) is 21.1. The molecule has 0 radical (unpaired) electrons. The van der Waals surface area contributed by atoms with Crippen LogP contribution in [0.5, 0.6) is 0 Å². The van der Waals surface area contributed by atoms with E-state index in [1.807, 2.05) is 12.1 Å². The van der Waals surface area contributed by atoms with E-state index in [0.717, 1.165) is 42.8 Å². The molecule has 2 heterocycles. The number of carbonyl (C=O) groups excluding carboxylic acids is 1. The predicted molar refractivity (Wildman–Crippen MR) is 142 cm³/mol. The van der Waals surface area contributed by atoms with E-state index in [4.69, 9.17) is 0 Å². The van der Waals surface area contributed by atoms with Gasteiger partial charge in [-0.05, 0) is 68.2 Å². The van der Waals surface area contributed by atoms with Crippen molar-refractivity contribution in [1.82, 2.24) is 25.5 Å². The Morgan fingerprint density at radius 1 is 1.05 bits per heavy atom. The molecule has 0 bridgehead atoms. The number of nitrogens with one attached hydrogen (secondary N) is 4. The van der Waals surface area contributed by atoms with E-state index < -0.39 is 9.84 Å². The minimum absolute atomic E-state index is 0.0592. The number of H-pyrrole nitrogens is 1. The number of benzene rings is 1. The lowest BCUT2D eigenvalue weighted by Gasteiger charge is -2.31. The first kappa shape index (κ1) is 25.3. The Balaban J connectivity index is 1.19. The summed E-state index contributed by atoms with van der Waals surface area (Å²) in [7, 11) is -3.42. The van der Waals surface area contributed by atoms with Crippen molar-refractivity contribution in [2.45, 2.75) is 74.8 Å². The number of hydrogen-bond acceptors (Lipinski definition) is 8. The van der Waals surface area contributed by atoms with E-state index in [9.17, 15) is 13.2 Å². The number of carbonyl (C=O) groups is 1. The van der Waals surface area contributed by atoms with Crippen LogP contribution < -0.4 is 16.0 Å². The van der Waals surface area contributed by atoms with Crippen LogP contribution in [0, 0.1) is 0 Å². The van der Waals surface area contributed by atoms with Gasteiger partial charge < -0.3 is 16.0 Å². The molecule has 0 spiro atoms. The van der Waals surface area contributed by atoms with Crippen molar-refractivity contribution in [3.05, 3.63) is 53.6 Å². The van der Waals surface area contributed by atoms with Gasteiger partial charge in [0.25, 0.3) is 0 Å². The van der Waals surface area contributed by atoms with Crippen LogP contribution in [0.25, 0.3) is 0 Å². The van der Waals surface area contributed by atoms with Crippen LogP contribution in [-0.2, 0) is 21.2 Å². The number of sulfone groups is 1. The zero-order chi connectivity index (χ0) is 26.0. The van der Waals surface area contributed by atoms with Crippen molar-refractivity contribution < 1.29 is 13.2 Å². The molecule has 2 aliphatic rings. The van der Waals surface area contributed by atoms with E-state index in [2.05, 4.69) is 36.1 Å². The van der Waals surface area contributed by atoms with E-state index >= 15 is 0 Å². The van der Waals surface area contributed by atoms with E-state index in [0.29, 0.717) is 34.7 Å². The fourth-order valence-electron chi connectivity index (χ4n) is 5.10. The molecule has 2 fully saturated rings. The first-order chi connectivity index (χ1) is 17.8. The highest BCUT2D eigenvalue weighted by molar-refractivity contribution is 7.90. The van der Waals surface area contributed by atoms with Crippen molar-refractivity contribution in [2.75, 3.05) is 16.9 Å². The van der Waals surface area contributed by atoms with Gasteiger partial charge in [0.2, 0.25) is 5.91 Å². The van der Waals surface area contributed by atoms with Gasteiger partial charge in [-0.2, -0.15) is 5.10 Å². The molecule has 10 nitrogen and oxygen atoms in total. The quantitative estimate of drug-likeness (QED) is 0.330. The Hall–Kier alpha value is -3.31. The maximum absolute atomic E-state index is 12.5. The molecule has 196 valence electrons. The van der Waals surface area contributed by atoms with Gasteiger partial charge in [-0.3, -0.25) is 9.89 Å². The Kier molecular flexibility index (Phi) is 7.25. The number of amides is 1. The summed E-state index contributed by atoms with van der Waals surface area (Å²) in [5.41, 5.74) is 2.48. The third kappa shape index (κ3) is 6.34. The zero-order valence-corrected chi connectivity index (χ0v) is 21.9. The molecule has 2 aliphatic carbocycles. The Morgan fingerprint density at radius 3 is 2.51 bits per heavy atom. The Bertz CT molecular complexity index is 1380. The van der Waals surface area contributed by atoms with E-state index in [1.54, 1.807) is 24.4 Å². The molecule has 2 saturated carbocycles. The third-order valence-electron chi connectivity index (χ3n) is 7.04. The van der Waals surface area contributed by atoms with Crippen LogP contribution in [0.4, 0.5) is 17.3 Å². The predicted octanol–water partition coefficient (Wildman–Crippen LogP) is 4.00. The van der Waals surface area contributed by atoms with Gasteiger partial charge in [0, 0.05) is 48.8 Å². The van der Waals surface area contributed by atoms with Gasteiger partial charge >= 0.3 is 0 Å². The molecule has 2 aromatic heterocycles. The highest BCUT2D eigenvalue weighted by Gasteiger charge is 2.29. The Labute approximate surface area is 217 Å². The molecule has 1 amide bonds. The summed E-state index contributed by atoms with van der Waals surface area (Å²) in [6.45, 7) is 1.97. The van der Waals surface area contributed by atoms with E-state index in [1.165, 1.54) is 26.0 Å². The minimum atomic E-state index is -3.42. The van der Waals surface area contributed by atoms with Crippen LogP contribution in [0.3, 0.4) is 0 Å². The second-order valence-electron chi connectivity index (χ2n) is 10.1. The highest BCUT2D eigenvalue weighted by atomic mass is 32.2. The Morgan fingerprint density at radius 2 is 1.81 bits per heavy atom. The molecular formula is C26H33N7O3S. The summed E-state index contributed by atoms with van der Waals surface area (Å²) in [6.07, 6.45) is 8.81. The second-order valence-corrected chi connectivity index (χ2v) is 12.1. The highest BCUT2D eigenvalue weighted by Crippen LogP contribution is 2.41. The fourth-order valence-corrected chi connectivity index (χ4v) is 6.10. The average molecular weight is 524 g/mol. The van der Waals surface area contributed by atoms with Crippen LogP contribution in [-0.4, -0.2) is 46.8 Å². The molecule has 0 atom stereocenters. The van der Waals surface area contributed by atoms with Gasteiger partial charge in [0.15, 0.2) is 15.7 Å². The number of nitrogens with zero attached hydrogens (tertiary/aromatic N) is 3. The van der Waals surface area contributed by atoms with Crippen LogP contribution in [0.1, 0.15) is 74.4 Å². The number of aromatic nitrogens is 4. The maximum atomic E-state index is 12.5. The SMILES string of the molecule is CC(=O)Nc1cccc(S(C)(=O)=O)c1C1CCC(NCc2nccc(Nc3cc(C4CC4)[nH]n3)n2)CC1. The van der Waals surface area contributed by atoms with Crippen molar-refractivity contribution in [2.24, 2.45) is 0 Å². The first-order valence-corrected chi connectivity index (χ1v) is 14.6. The van der Waals surface area contributed by atoms with Gasteiger partial charge in [0.1, 0.15) is 11.6 Å². The van der Waals surface area contributed by atoms with Crippen molar-refractivity contribution in [3.8, 4) is 0 Å². The van der Waals surface area contributed by atoms with Gasteiger partial charge in [-0.15, -0.1) is 0 Å². The lowest BCUT2D eigenvalue weighted by molar-refractivity contribution is -0.114. The van der Waals surface area contributed by atoms with E-state index in [-0.39, 0.29) is 17.9 Å². The van der Waals surface area contributed by atoms with Crippen molar-refractivity contribution in [3.63, 3.8) is 0 Å². The van der Waals surface area contributed by atoms with Gasteiger partial charge in [0.05, 0.1) is 11.4 Å². The summed E-state index contributed by atoms with van der Waals surface area (Å²) < 4.78 is 25.0. The fraction of sp³-hybridized carbons (Fsp3) is 0.462. The minimum Gasteiger partial charge on any atom is -0.326 e. The van der Waals surface area contributed by atoms with Crippen LogP contribution in [0.15, 0.2) is 41.4 Å². The van der Waals surface area contributed by atoms with Crippen molar-refractivity contribution >= 4 is 33.1 Å². The summed E-state index contributed by atoms with van der Waals surface area (Å²) in [5, 5.41) is 17.0. The topological polar surface area (TPSA) is 142 Å². The molecule has 0 aliphatic heterocycles. The molecule has 5 rings (SSSR count). The first-order valence-electron chi connectivity index (χ1n) is 12.7. The number of hydrogen-bond donors (Lipinski definition) is 4. The molecule has 3 aromatic rings. The van der Waals surface area contributed by atoms with Crippen LogP contribution >= 0.6 is 0 Å². The normalized spacial score (nSPS) is 19.9. The molecule has 37 heavy (non-hydrogen) atoms. The molecule has 0 unspecified atom stereocenters.